The van der Waals surface area contributed by atoms with Crippen LogP contribution in [0.4, 0.5) is 4.39 Å². The molecule has 2 atom stereocenters. The number of amides is 2. The van der Waals surface area contributed by atoms with Gasteiger partial charge < -0.3 is 15.0 Å². The van der Waals surface area contributed by atoms with Crippen molar-refractivity contribution in [2.45, 2.75) is 51.8 Å². The van der Waals surface area contributed by atoms with E-state index in [2.05, 4.69) is 30.4 Å². The fourth-order valence-corrected chi connectivity index (χ4v) is 4.91. The summed E-state index contributed by atoms with van der Waals surface area (Å²) in [5.41, 5.74) is 5.16. The normalized spacial score (nSPS) is 17.8. The van der Waals surface area contributed by atoms with Crippen LogP contribution in [-0.2, 0) is 22.6 Å². The first kappa shape index (κ1) is 24.0. The number of benzene rings is 3. The van der Waals surface area contributed by atoms with Crippen LogP contribution in [0.25, 0.3) is 0 Å². The molecule has 1 aliphatic carbocycles. The Labute approximate surface area is 211 Å². The summed E-state index contributed by atoms with van der Waals surface area (Å²) in [7, 11) is 0. The van der Waals surface area contributed by atoms with Crippen LogP contribution in [-0.4, -0.2) is 29.4 Å². The maximum atomic E-state index is 13.4. The van der Waals surface area contributed by atoms with Crippen LogP contribution in [0.2, 0.25) is 0 Å². The molecule has 186 valence electrons. The molecule has 1 heterocycles. The van der Waals surface area contributed by atoms with Crippen molar-refractivity contribution in [2.24, 2.45) is 5.92 Å². The quantitative estimate of drug-likeness (QED) is 0.505. The number of hydrogen-bond donors (Lipinski definition) is 1. The van der Waals surface area contributed by atoms with Crippen molar-refractivity contribution in [2.75, 3.05) is 6.54 Å². The Morgan fingerprint density at radius 3 is 2.64 bits per heavy atom. The van der Waals surface area contributed by atoms with Gasteiger partial charge in [-0.1, -0.05) is 48.0 Å². The van der Waals surface area contributed by atoms with E-state index >= 15 is 0 Å². The SMILES string of the molecule is Cc1cccc(C2c3cc(OC(C)C(=O)NCc4cccc(F)c4)ccc3CCN2C(=O)C2CC2)c1. The molecular formula is C30H31FN2O3. The van der Waals surface area contributed by atoms with Crippen LogP contribution in [0.15, 0.2) is 66.7 Å². The zero-order chi connectivity index (χ0) is 25.2. The van der Waals surface area contributed by atoms with Crippen molar-refractivity contribution in [3.63, 3.8) is 0 Å². The zero-order valence-electron chi connectivity index (χ0n) is 20.7. The largest absolute Gasteiger partial charge is 0.481 e. The summed E-state index contributed by atoms with van der Waals surface area (Å²) in [6.07, 6.45) is 1.99. The summed E-state index contributed by atoms with van der Waals surface area (Å²) in [6.45, 7) is 4.67. The van der Waals surface area contributed by atoms with Crippen LogP contribution in [0.3, 0.4) is 0 Å². The molecule has 2 unspecified atom stereocenters. The van der Waals surface area contributed by atoms with Gasteiger partial charge in [0.25, 0.3) is 5.91 Å². The lowest BCUT2D eigenvalue weighted by Crippen LogP contribution is -2.41. The third-order valence-electron chi connectivity index (χ3n) is 6.95. The number of carbonyl (C=O) groups excluding carboxylic acids is 2. The molecule has 36 heavy (non-hydrogen) atoms. The standard InChI is InChI=1S/C30H31FN2O3/c1-19-5-3-7-24(15-19)28-27-17-26(12-11-22(27)13-14-33(28)30(35)23-9-10-23)36-20(2)29(34)32-18-21-6-4-8-25(31)16-21/h3-8,11-12,15-17,20,23,28H,9-10,13-14,18H2,1-2H3,(H,32,34). The van der Waals surface area contributed by atoms with Gasteiger partial charge >= 0.3 is 0 Å². The molecule has 0 bridgehead atoms. The highest BCUT2D eigenvalue weighted by Crippen LogP contribution is 2.41. The molecule has 1 saturated carbocycles. The van der Waals surface area contributed by atoms with E-state index < -0.39 is 6.10 Å². The lowest BCUT2D eigenvalue weighted by molar-refractivity contribution is -0.134. The molecule has 0 radical (unpaired) electrons. The van der Waals surface area contributed by atoms with E-state index in [0.29, 0.717) is 17.9 Å². The fraction of sp³-hybridized carbons (Fsp3) is 0.333. The van der Waals surface area contributed by atoms with Crippen molar-refractivity contribution in [1.82, 2.24) is 10.2 Å². The van der Waals surface area contributed by atoms with E-state index in [4.69, 9.17) is 4.74 Å². The van der Waals surface area contributed by atoms with Gasteiger partial charge in [-0.2, -0.15) is 0 Å². The van der Waals surface area contributed by atoms with Crippen molar-refractivity contribution in [3.8, 4) is 5.75 Å². The average molecular weight is 487 g/mol. The lowest BCUT2D eigenvalue weighted by Gasteiger charge is -2.38. The highest BCUT2D eigenvalue weighted by atomic mass is 19.1. The average Bonchev–Trinajstić information content (AvgIpc) is 3.72. The molecule has 5 rings (SSSR count). The molecule has 1 aliphatic heterocycles. The van der Waals surface area contributed by atoms with Gasteiger partial charge in [0.1, 0.15) is 11.6 Å². The molecule has 6 heteroatoms. The highest BCUT2D eigenvalue weighted by Gasteiger charge is 2.39. The molecule has 2 aliphatic rings. The van der Waals surface area contributed by atoms with Gasteiger partial charge in [-0.05, 0) is 79.6 Å². The van der Waals surface area contributed by atoms with Crippen molar-refractivity contribution in [1.29, 1.82) is 0 Å². The van der Waals surface area contributed by atoms with E-state index in [1.54, 1.807) is 19.1 Å². The van der Waals surface area contributed by atoms with Gasteiger partial charge in [0.2, 0.25) is 5.91 Å². The maximum absolute atomic E-state index is 13.4. The zero-order valence-corrected chi connectivity index (χ0v) is 20.7. The monoisotopic (exact) mass is 486 g/mol. The van der Waals surface area contributed by atoms with Gasteiger partial charge in [0.15, 0.2) is 6.10 Å². The predicted molar refractivity (Wildman–Crippen MR) is 136 cm³/mol. The molecule has 1 fully saturated rings. The molecule has 1 N–H and O–H groups in total. The lowest BCUT2D eigenvalue weighted by atomic mass is 9.87. The number of fused-ring (bicyclic) bond motifs is 1. The van der Waals surface area contributed by atoms with E-state index in [-0.39, 0.29) is 36.1 Å². The van der Waals surface area contributed by atoms with Gasteiger partial charge in [-0.15, -0.1) is 0 Å². The summed E-state index contributed by atoms with van der Waals surface area (Å²) < 4.78 is 19.4. The second-order valence-electron chi connectivity index (χ2n) is 9.84. The van der Waals surface area contributed by atoms with Crippen LogP contribution < -0.4 is 10.1 Å². The molecule has 3 aromatic rings. The van der Waals surface area contributed by atoms with Crippen LogP contribution >= 0.6 is 0 Å². The summed E-state index contributed by atoms with van der Waals surface area (Å²) in [6, 6.07) is 20.2. The van der Waals surface area contributed by atoms with Crippen molar-refractivity contribution >= 4 is 11.8 Å². The molecular weight excluding hydrogens is 455 g/mol. The Morgan fingerprint density at radius 1 is 1.08 bits per heavy atom. The number of nitrogens with one attached hydrogen (secondary N) is 1. The highest BCUT2D eigenvalue weighted by molar-refractivity contribution is 5.82. The van der Waals surface area contributed by atoms with Gasteiger partial charge in [0.05, 0.1) is 6.04 Å². The summed E-state index contributed by atoms with van der Waals surface area (Å²) >= 11 is 0. The van der Waals surface area contributed by atoms with Crippen molar-refractivity contribution < 1.29 is 18.7 Å². The summed E-state index contributed by atoms with van der Waals surface area (Å²) in [5, 5.41) is 2.81. The number of carbonyl (C=O) groups is 2. The molecule has 0 spiro atoms. The first-order chi connectivity index (χ1) is 17.4. The van der Waals surface area contributed by atoms with E-state index in [1.165, 1.54) is 17.7 Å². The van der Waals surface area contributed by atoms with E-state index in [1.807, 2.05) is 29.2 Å². The van der Waals surface area contributed by atoms with Crippen LogP contribution in [0, 0.1) is 18.7 Å². The molecule has 2 amide bonds. The smallest absolute Gasteiger partial charge is 0.261 e. The minimum absolute atomic E-state index is 0.139. The number of hydrogen-bond acceptors (Lipinski definition) is 3. The van der Waals surface area contributed by atoms with Crippen LogP contribution in [0.1, 0.15) is 53.6 Å². The minimum Gasteiger partial charge on any atom is -0.481 e. The van der Waals surface area contributed by atoms with Crippen molar-refractivity contribution in [3.05, 3.63) is 100 Å². The topological polar surface area (TPSA) is 58.6 Å². The summed E-state index contributed by atoms with van der Waals surface area (Å²) in [4.78, 5) is 27.9. The number of ether oxygens (including phenoxy) is 1. The Balaban J connectivity index is 1.36. The minimum atomic E-state index is -0.734. The molecule has 0 aromatic heterocycles. The first-order valence-electron chi connectivity index (χ1n) is 12.6. The number of halogens is 1. The van der Waals surface area contributed by atoms with E-state index in [9.17, 15) is 14.0 Å². The Bertz CT molecular complexity index is 1290. The third-order valence-corrected chi connectivity index (χ3v) is 6.95. The summed E-state index contributed by atoms with van der Waals surface area (Å²) in [5.74, 6) is 0.333. The second kappa shape index (κ2) is 10.1. The second-order valence-corrected chi connectivity index (χ2v) is 9.84. The number of rotatable bonds is 7. The Kier molecular flexibility index (Phi) is 6.77. The third kappa shape index (κ3) is 5.27. The van der Waals surface area contributed by atoms with E-state index in [0.717, 1.165) is 36.0 Å². The molecule has 0 saturated heterocycles. The predicted octanol–water partition coefficient (Wildman–Crippen LogP) is 5.10. The number of nitrogens with zero attached hydrogens (tertiary/aromatic N) is 1. The Hall–Kier alpha value is -3.67. The molecule has 5 nitrogen and oxygen atoms in total. The van der Waals surface area contributed by atoms with Gasteiger partial charge in [-0.25, -0.2) is 4.39 Å². The van der Waals surface area contributed by atoms with Gasteiger partial charge in [0, 0.05) is 19.0 Å². The maximum Gasteiger partial charge on any atom is 0.261 e. The van der Waals surface area contributed by atoms with Gasteiger partial charge in [-0.3, -0.25) is 9.59 Å². The first-order valence-corrected chi connectivity index (χ1v) is 12.6. The van der Waals surface area contributed by atoms with Crippen LogP contribution in [0.5, 0.6) is 5.75 Å². The molecule has 3 aromatic carbocycles. The Morgan fingerprint density at radius 2 is 1.89 bits per heavy atom. The number of aryl methyl sites for hydroxylation is 1. The fourth-order valence-electron chi connectivity index (χ4n) is 4.91.